The van der Waals surface area contributed by atoms with Gasteiger partial charge in [0.1, 0.15) is 0 Å². The molecule has 0 aliphatic carbocycles. The van der Waals surface area contributed by atoms with E-state index in [4.69, 9.17) is 9.84 Å². The van der Waals surface area contributed by atoms with E-state index in [0.717, 1.165) is 19.4 Å². The smallest absolute Gasteiger partial charge is 0.303 e. The van der Waals surface area contributed by atoms with Gasteiger partial charge in [0.05, 0.1) is 19.1 Å². The minimum atomic E-state index is -0.925. The molecule has 0 aromatic carbocycles. The molecule has 5 heteroatoms. The van der Waals surface area contributed by atoms with Crippen LogP contribution < -0.4 is 0 Å². The average Bonchev–Trinajstić information content (AvgIpc) is 2.63. The predicted octanol–water partition coefficient (Wildman–Crippen LogP) is 0.489. The lowest BCUT2D eigenvalue weighted by molar-refractivity contribution is -0.141. The fourth-order valence-corrected chi connectivity index (χ4v) is 1.89. The van der Waals surface area contributed by atoms with Crippen molar-refractivity contribution >= 4 is 11.9 Å². The van der Waals surface area contributed by atoms with E-state index >= 15 is 0 Å². The summed E-state index contributed by atoms with van der Waals surface area (Å²) in [4.78, 5) is 23.7. The van der Waals surface area contributed by atoms with Crippen molar-refractivity contribution in [3.63, 3.8) is 0 Å². The molecule has 86 valence electrons. The van der Waals surface area contributed by atoms with Crippen molar-refractivity contribution in [3.05, 3.63) is 0 Å². The molecule has 0 bridgehead atoms. The van der Waals surface area contributed by atoms with Gasteiger partial charge in [-0.05, 0) is 12.8 Å². The summed E-state index contributed by atoms with van der Waals surface area (Å²) >= 11 is 0. The summed E-state index contributed by atoms with van der Waals surface area (Å²) in [6, 6.07) is 0.135. The number of carbonyl (C=O) groups excluding carboxylic acids is 1. The Morgan fingerprint density at radius 1 is 1.47 bits per heavy atom. The van der Waals surface area contributed by atoms with Crippen LogP contribution in [0.2, 0.25) is 0 Å². The van der Waals surface area contributed by atoms with Crippen molar-refractivity contribution in [1.82, 2.24) is 4.90 Å². The van der Waals surface area contributed by atoms with E-state index in [0.29, 0.717) is 6.61 Å². The maximum atomic E-state index is 11.6. The highest BCUT2D eigenvalue weighted by atomic mass is 16.5. The number of carboxylic acid groups (broad SMARTS) is 1. The first kappa shape index (κ1) is 12.0. The van der Waals surface area contributed by atoms with Gasteiger partial charge in [-0.25, -0.2) is 0 Å². The Kier molecular flexibility index (Phi) is 4.55. The zero-order valence-corrected chi connectivity index (χ0v) is 8.94. The highest BCUT2D eigenvalue weighted by Crippen LogP contribution is 2.18. The van der Waals surface area contributed by atoms with Crippen LogP contribution in [0.3, 0.4) is 0 Å². The first-order valence-electron chi connectivity index (χ1n) is 5.15. The number of carboxylic acids is 1. The van der Waals surface area contributed by atoms with E-state index in [9.17, 15) is 9.59 Å². The molecule has 1 rings (SSSR count). The van der Waals surface area contributed by atoms with Crippen LogP contribution in [0, 0.1) is 0 Å². The molecule has 1 atom stereocenters. The van der Waals surface area contributed by atoms with Gasteiger partial charge in [0.15, 0.2) is 0 Å². The minimum Gasteiger partial charge on any atom is -0.481 e. The third-order valence-electron chi connectivity index (χ3n) is 2.61. The van der Waals surface area contributed by atoms with Gasteiger partial charge < -0.3 is 14.7 Å². The summed E-state index contributed by atoms with van der Waals surface area (Å²) in [7, 11) is 1.61. The standard InChI is InChI=1S/C10H17NO4/c1-15-7-8-3-2-6-11(8)9(12)4-5-10(13)14/h8H,2-7H2,1H3,(H,13,14)/t8-/m0/s1. The normalized spacial score (nSPS) is 20.6. The van der Waals surface area contributed by atoms with Crippen molar-refractivity contribution in [2.24, 2.45) is 0 Å². The molecule has 1 heterocycles. The summed E-state index contributed by atoms with van der Waals surface area (Å²) in [5.41, 5.74) is 0. The van der Waals surface area contributed by atoms with Gasteiger partial charge in [0.2, 0.25) is 5.91 Å². The van der Waals surface area contributed by atoms with Crippen LogP contribution in [-0.2, 0) is 14.3 Å². The average molecular weight is 215 g/mol. The third kappa shape index (κ3) is 3.51. The molecule has 5 nitrogen and oxygen atoms in total. The number of hydrogen-bond donors (Lipinski definition) is 1. The number of likely N-dealkylation sites (tertiary alicyclic amines) is 1. The number of aliphatic carboxylic acids is 1. The first-order valence-corrected chi connectivity index (χ1v) is 5.15. The molecule has 0 aromatic heterocycles. The predicted molar refractivity (Wildman–Crippen MR) is 53.5 cm³/mol. The van der Waals surface area contributed by atoms with Gasteiger partial charge >= 0.3 is 5.97 Å². The topological polar surface area (TPSA) is 66.8 Å². The molecule has 0 saturated carbocycles. The Hall–Kier alpha value is -1.10. The minimum absolute atomic E-state index is 0.0723. The van der Waals surface area contributed by atoms with Crippen molar-refractivity contribution in [2.75, 3.05) is 20.3 Å². The molecule has 0 spiro atoms. The molecular formula is C10H17NO4. The van der Waals surface area contributed by atoms with Gasteiger partial charge in [0, 0.05) is 20.1 Å². The molecule has 1 saturated heterocycles. The molecule has 0 unspecified atom stereocenters. The molecular weight excluding hydrogens is 198 g/mol. The zero-order valence-electron chi connectivity index (χ0n) is 8.94. The van der Waals surface area contributed by atoms with Crippen LogP contribution in [0.15, 0.2) is 0 Å². The Morgan fingerprint density at radius 2 is 2.20 bits per heavy atom. The largest absolute Gasteiger partial charge is 0.481 e. The Balaban J connectivity index is 2.40. The Labute approximate surface area is 89.0 Å². The lowest BCUT2D eigenvalue weighted by Gasteiger charge is -2.23. The molecule has 15 heavy (non-hydrogen) atoms. The summed E-state index contributed by atoms with van der Waals surface area (Å²) in [5, 5.41) is 8.48. The summed E-state index contributed by atoms with van der Waals surface area (Å²) in [5.74, 6) is -0.997. The van der Waals surface area contributed by atoms with E-state index in [1.54, 1.807) is 12.0 Å². The molecule has 1 fully saturated rings. The number of hydrogen-bond acceptors (Lipinski definition) is 3. The van der Waals surface area contributed by atoms with E-state index < -0.39 is 5.97 Å². The molecule has 0 aromatic rings. The van der Waals surface area contributed by atoms with Crippen LogP contribution >= 0.6 is 0 Å². The lowest BCUT2D eigenvalue weighted by atomic mass is 10.2. The van der Waals surface area contributed by atoms with Crippen molar-refractivity contribution in [2.45, 2.75) is 31.7 Å². The lowest BCUT2D eigenvalue weighted by Crippen LogP contribution is -2.38. The van der Waals surface area contributed by atoms with Crippen molar-refractivity contribution in [3.8, 4) is 0 Å². The molecule has 1 amide bonds. The fourth-order valence-electron chi connectivity index (χ4n) is 1.89. The highest BCUT2D eigenvalue weighted by Gasteiger charge is 2.28. The van der Waals surface area contributed by atoms with Gasteiger partial charge in [-0.1, -0.05) is 0 Å². The van der Waals surface area contributed by atoms with Gasteiger partial charge in [0.25, 0.3) is 0 Å². The van der Waals surface area contributed by atoms with Crippen LogP contribution in [0.4, 0.5) is 0 Å². The monoisotopic (exact) mass is 215 g/mol. The summed E-state index contributed by atoms with van der Waals surface area (Å²) in [6.07, 6.45) is 1.93. The van der Waals surface area contributed by atoms with Crippen LogP contribution in [-0.4, -0.2) is 48.2 Å². The van der Waals surface area contributed by atoms with E-state index in [2.05, 4.69) is 0 Å². The SMILES string of the molecule is COC[C@@H]1CCCN1C(=O)CCC(=O)O. The van der Waals surface area contributed by atoms with E-state index in [1.165, 1.54) is 0 Å². The van der Waals surface area contributed by atoms with Crippen molar-refractivity contribution < 1.29 is 19.4 Å². The van der Waals surface area contributed by atoms with Crippen LogP contribution in [0.5, 0.6) is 0 Å². The second kappa shape index (κ2) is 5.70. The van der Waals surface area contributed by atoms with Crippen LogP contribution in [0.1, 0.15) is 25.7 Å². The van der Waals surface area contributed by atoms with E-state index in [1.807, 2.05) is 0 Å². The highest BCUT2D eigenvalue weighted by molar-refractivity contribution is 5.81. The van der Waals surface area contributed by atoms with Crippen LogP contribution in [0.25, 0.3) is 0 Å². The maximum absolute atomic E-state index is 11.6. The number of ether oxygens (including phenoxy) is 1. The molecule has 1 N–H and O–H groups in total. The second-order valence-corrected chi connectivity index (χ2v) is 3.73. The fraction of sp³-hybridized carbons (Fsp3) is 0.800. The first-order chi connectivity index (χ1) is 7.15. The maximum Gasteiger partial charge on any atom is 0.303 e. The Bertz CT molecular complexity index is 242. The van der Waals surface area contributed by atoms with Gasteiger partial charge in [-0.3, -0.25) is 9.59 Å². The zero-order chi connectivity index (χ0) is 11.3. The van der Waals surface area contributed by atoms with E-state index in [-0.39, 0.29) is 24.8 Å². The number of nitrogens with zero attached hydrogens (tertiary/aromatic N) is 1. The van der Waals surface area contributed by atoms with Gasteiger partial charge in [-0.15, -0.1) is 0 Å². The molecule has 0 radical (unpaired) electrons. The third-order valence-corrected chi connectivity index (χ3v) is 2.61. The van der Waals surface area contributed by atoms with Gasteiger partial charge in [-0.2, -0.15) is 0 Å². The second-order valence-electron chi connectivity index (χ2n) is 3.73. The quantitative estimate of drug-likeness (QED) is 0.724. The molecule has 1 aliphatic rings. The molecule has 1 aliphatic heterocycles. The summed E-state index contributed by atoms with van der Waals surface area (Å²) < 4.78 is 5.02. The summed E-state index contributed by atoms with van der Waals surface area (Å²) in [6.45, 7) is 1.27. The number of methoxy groups -OCH3 is 1. The Morgan fingerprint density at radius 3 is 2.80 bits per heavy atom. The van der Waals surface area contributed by atoms with Crippen molar-refractivity contribution in [1.29, 1.82) is 0 Å². The number of carbonyl (C=O) groups is 2. The number of rotatable bonds is 5. The number of amides is 1.